The number of nitrogens with zero attached hydrogens (tertiary/aromatic N) is 1. The lowest BCUT2D eigenvalue weighted by molar-refractivity contribution is -0.130. The zero-order valence-electron chi connectivity index (χ0n) is 15.9. The molecule has 1 N–H and O–H groups in total. The summed E-state index contributed by atoms with van der Waals surface area (Å²) in [7, 11) is 1.60. The highest BCUT2D eigenvalue weighted by Gasteiger charge is 2.40. The van der Waals surface area contributed by atoms with Crippen molar-refractivity contribution < 1.29 is 19.0 Å². The van der Waals surface area contributed by atoms with Gasteiger partial charge < -0.3 is 14.7 Å². The number of aliphatic hydroxyl groups is 1. The number of hydrogen-bond donors (Lipinski definition) is 1. The van der Waals surface area contributed by atoms with Crippen LogP contribution in [0.4, 0.5) is 4.39 Å². The van der Waals surface area contributed by atoms with Crippen LogP contribution >= 0.6 is 0 Å². The maximum Gasteiger partial charge on any atom is 0.290 e. The van der Waals surface area contributed by atoms with Gasteiger partial charge in [0.05, 0.1) is 13.2 Å². The van der Waals surface area contributed by atoms with Crippen LogP contribution < -0.4 is 4.74 Å². The largest absolute Gasteiger partial charge is 0.503 e. The van der Waals surface area contributed by atoms with E-state index in [4.69, 9.17) is 4.74 Å². The fourth-order valence-electron chi connectivity index (χ4n) is 3.65. The summed E-state index contributed by atoms with van der Waals surface area (Å²) < 4.78 is 18.6. The molecule has 0 aliphatic carbocycles. The molecule has 4 rings (SSSR count). The molecule has 0 fully saturated rings. The van der Waals surface area contributed by atoms with Crippen molar-refractivity contribution in [2.75, 3.05) is 7.11 Å². The molecule has 3 aromatic carbocycles. The second kappa shape index (κ2) is 7.80. The van der Waals surface area contributed by atoms with Crippen molar-refractivity contribution >= 4 is 11.5 Å². The number of carbonyl (C=O) groups is 1. The number of methoxy groups -OCH3 is 1. The van der Waals surface area contributed by atoms with Crippen LogP contribution in [-0.2, 0) is 11.3 Å². The molecule has 0 spiro atoms. The number of halogens is 1. The Bertz CT molecular complexity index is 1040. The Balaban J connectivity index is 1.76. The third-order valence-electron chi connectivity index (χ3n) is 5.09. The van der Waals surface area contributed by atoms with Gasteiger partial charge in [0.15, 0.2) is 5.76 Å². The van der Waals surface area contributed by atoms with Crippen LogP contribution in [0.25, 0.3) is 5.57 Å². The average Bonchev–Trinajstić information content (AvgIpc) is 3.00. The molecule has 1 atom stereocenters. The molecule has 0 aromatic heterocycles. The maximum absolute atomic E-state index is 13.4. The average molecular weight is 389 g/mol. The van der Waals surface area contributed by atoms with Gasteiger partial charge in [-0.1, -0.05) is 54.6 Å². The van der Waals surface area contributed by atoms with Crippen molar-refractivity contribution in [3.05, 3.63) is 107 Å². The minimum atomic E-state index is -0.476. The SMILES string of the molecule is COc1ccc(CN2C(=O)C(O)=C(c3ccc(F)cc3)[C@@H]2c2ccccc2)cc1. The van der Waals surface area contributed by atoms with Crippen molar-refractivity contribution in [3.63, 3.8) is 0 Å². The number of rotatable bonds is 5. The van der Waals surface area contributed by atoms with E-state index in [0.29, 0.717) is 17.7 Å². The lowest BCUT2D eigenvalue weighted by Crippen LogP contribution is -2.29. The van der Waals surface area contributed by atoms with Crippen LogP contribution in [0, 0.1) is 5.82 Å². The summed E-state index contributed by atoms with van der Waals surface area (Å²) in [6.45, 7) is 0.317. The topological polar surface area (TPSA) is 49.8 Å². The highest BCUT2D eigenvalue weighted by atomic mass is 19.1. The molecule has 0 saturated carbocycles. The first kappa shape index (κ1) is 18.7. The van der Waals surface area contributed by atoms with Gasteiger partial charge in [0.1, 0.15) is 11.6 Å². The standard InChI is InChI=1S/C24H20FNO3/c1-29-20-13-7-16(8-14-20)15-26-22(18-5-3-2-4-6-18)21(23(27)24(26)28)17-9-11-19(25)12-10-17/h2-14,22,27H,15H2,1H3/t22-/m0/s1. The van der Waals surface area contributed by atoms with E-state index < -0.39 is 11.9 Å². The summed E-state index contributed by atoms with van der Waals surface area (Å²) in [6.07, 6.45) is 0. The minimum Gasteiger partial charge on any atom is -0.503 e. The summed E-state index contributed by atoms with van der Waals surface area (Å²) >= 11 is 0. The fraction of sp³-hybridized carbons (Fsp3) is 0.125. The van der Waals surface area contributed by atoms with Crippen LogP contribution in [0.5, 0.6) is 5.75 Å². The Hall–Kier alpha value is -3.60. The minimum absolute atomic E-state index is 0.307. The van der Waals surface area contributed by atoms with Gasteiger partial charge in [0.25, 0.3) is 5.91 Å². The van der Waals surface area contributed by atoms with Crippen molar-refractivity contribution in [2.45, 2.75) is 12.6 Å². The molecule has 1 heterocycles. The van der Waals surface area contributed by atoms with E-state index in [1.165, 1.54) is 12.1 Å². The first-order valence-corrected chi connectivity index (χ1v) is 9.26. The highest BCUT2D eigenvalue weighted by molar-refractivity contribution is 6.05. The number of amides is 1. The van der Waals surface area contributed by atoms with E-state index in [1.54, 1.807) is 24.1 Å². The molecule has 5 heteroatoms. The lowest BCUT2D eigenvalue weighted by atomic mass is 9.93. The van der Waals surface area contributed by atoms with Crippen LogP contribution in [0.1, 0.15) is 22.7 Å². The third kappa shape index (κ3) is 3.59. The quantitative estimate of drug-likeness (QED) is 0.676. The van der Waals surface area contributed by atoms with Crippen LogP contribution in [0.15, 0.2) is 84.6 Å². The Morgan fingerprint density at radius 3 is 2.24 bits per heavy atom. The van der Waals surface area contributed by atoms with E-state index in [0.717, 1.165) is 16.9 Å². The normalized spacial score (nSPS) is 16.4. The molecular weight excluding hydrogens is 369 g/mol. The van der Waals surface area contributed by atoms with Gasteiger partial charge in [0, 0.05) is 12.1 Å². The monoisotopic (exact) mass is 389 g/mol. The summed E-state index contributed by atoms with van der Waals surface area (Å²) in [5.74, 6) is -0.397. The van der Waals surface area contributed by atoms with E-state index in [9.17, 15) is 14.3 Å². The van der Waals surface area contributed by atoms with Gasteiger partial charge in [0.2, 0.25) is 0 Å². The Morgan fingerprint density at radius 2 is 1.62 bits per heavy atom. The maximum atomic E-state index is 13.4. The molecule has 0 unspecified atom stereocenters. The molecule has 0 saturated heterocycles. The Morgan fingerprint density at radius 1 is 0.966 bits per heavy atom. The Labute approximate surface area is 168 Å². The number of carbonyl (C=O) groups excluding carboxylic acids is 1. The number of hydrogen-bond acceptors (Lipinski definition) is 3. The molecule has 0 bridgehead atoms. The molecule has 3 aromatic rings. The summed E-state index contributed by atoms with van der Waals surface area (Å²) in [5, 5.41) is 10.7. The zero-order valence-corrected chi connectivity index (χ0v) is 15.9. The molecule has 1 aliphatic rings. The van der Waals surface area contributed by atoms with Crippen molar-refractivity contribution in [1.82, 2.24) is 4.90 Å². The molecular formula is C24H20FNO3. The van der Waals surface area contributed by atoms with E-state index in [2.05, 4.69) is 0 Å². The molecule has 0 radical (unpaired) electrons. The fourth-order valence-corrected chi connectivity index (χ4v) is 3.65. The van der Waals surface area contributed by atoms with Crippen molar-refractivity contribution in [3.8, 4) is 5.75 Å². The summed E-state index contributed by atoms with van der Waals surface area (Å²) in [6, 6.07) is 22.3. The number of aliphatic hydroxyl groups excluding tert-OH is 1. The van der Waals surface area contributed by atoms with Crippen molar-refractivity contribution in [2.24, 2.45) is 0 Å². The van der Waals surface area contributed by atoms with Crippen LogP contribution in [0.3, 0.4) is 0 Å². The second-order valence-electron chi connectivity index (χ2n) is 6.86. The number of ether oxygens (including phenoxy) is 1. The summed E-state index contributed by atoms with van der Waals surface area (Å²) in [4.78, 5) is 14.6. The van der Waals surface area contributed by atoms with Crippen molar-refractivity contribution in [1.29, 1.82) is 0 Å². The predicted molar refractivity (Wildman–Crippen MR) is 109 cm³/mol. The van der Waals surface area contributed by atoms with Crippen LogP contribution in [-0.4, -0.2) is 23.0 Å². The summed E-state index contributed by atoms with van der Waals surface area (Å²) in [5.41, 5.74) is 2.88. The smallest absolute Gasteiger partial charge is 0.290 e. The van der Waals surface area contributed by atoms with Gasteiger partial charge in [-0.25, -0.2) is 4.39 Å². The molecule has 4 nitrogen and oxygen atoms in total. The molecule has 146 valence electrons. The first-order valence-electron chi connectivity index (χ1n) is 9.26. The molecule has 1 amide bonds. The third-order valence-corrected chi connectivity index (χ3v) is 5.09. The molecule has 29 heavy (non-hydrogen) atoms. The van der Waals surface area contributed by atoms with Gasteiger partial charge in [-0.3, -0.25) is 4.79 Å². The van der Waals surface area contributed by atoms with Gasteiger partial charge in [-0.15, -0.1) is 0 Å². The van der Waals surface area contributed by atoms with E-state index in [-0.39, 0.29) is 11.6 Å². The molecule has 1 aliphatic heterocycles. The highest BCUT2D eigenvalue weighted by Crippen LogP contribution is 2.43. The van der Waals surface area contributed by atoms with Gasteiger partial charge >= 0.3 is 0 Å². The predicted octanol–water partition coefficient (Wildman–Crippen LogP) is 4.89. The van der Waals surface area contributed by atoms with E-state index >= 15 is 0 Å². The number of benzene rings is 3. The Kier molecular flexibility index (Phi) is 5.04. The zero-order chi connectivity index (χ0) is 20.4. The van der Waals surface area contributed by atoms with Gasteiger partial charge in [-0.05, 0) is 41.0 Å². The van der Waals surface area contributed by atoms with E-state index in [1.807, 2.05) is 54.6 Å². The first-order chi connectivity index (χ1) is 14.1. The lowest BCUT2D eigenvalue weighted by Gasteiger charge is -2.27. The second-order valence-corrected chi connectivity index (χ2v) is 6.86. The van der Waals surface area contributed by atoms with Gasteiger partial charge in [-0.2, -0.15) is 0 Å². The van der Waals surface area contributed by atoms with Crippen LogP contribution in [0.2, 0.25) is 0 Å².